The fraction of sp³-hybridized carbons (Fsp3) is 0. The predicted molar refractivity (Wildman–Crippen MR) is 58.6 cm³/mol. The van der Waals surface area contributed by atoms with Crippen molar-refractivity contribution in [3.8, 4) is 6.07 Å². The van der Waals surface area contributed by atoms with E-state index in [9.17, 15) is 8.78 Å². The Morgan fingerprint density at radius 1 is 1.18 bits per heavy atom. The summed E-state index contributed by atoms with van der Waals surface area (Å²) >= 11 is 0. The summed E-state index contributed by atoms with van der Waals surface area (Å²) in [5.41, 5.74) is 1.18. The lowest BCUT2D eigenvalue weighted by atomic mass is 10.2. The van der Waals surface area contributed by atoms with Crippen molar-refractivity contribution < 1.29 is 8.78 Å². The maximum absolute atomic E-state index is 13.0. The van der Waals surface area contributed by atoms with Gasteiger partial charge in [0.15, 0.2) is 11.6 Å². The van der Waals surface area contributed by atoms with Gasteiger partial charge in [0.25, 0.3) is 0 Å². The van der Waals surface area contributed by atoms with Crippen molar-refractivity contribution >= 4 is 11.4 Å². The van der Waals surface area contributed by atoms with Gasteiger partial charge in [0.2, 0.25) is 0 Å². The second-order valence-corrected chi connectivity index (χ2v) is 3.29. The van der Waals surface area contributed by atoms with Crippen molar-refractivity contribution in [2.45, 2.75) is 0 Å². The van der Waals surface area contributed by atoms with Gasteiger partial charge in [-0.25, -0.2) is 8.78 Å². The summed E-state index contributed by atoms with van der Waals surface area (Å²) < 4.78 is 25.7. The Hall–Kier alpha value is -2.48. The molecule has 1 aromatic carbocycles. The number of nitrogens with zero attached hydrogens (tertiary/aromatic N) is 2. The van der Waals surface area contributed by atoms with Crippen LogP contribution in [-0.4, -0.2) is 4.98 Å². The number of benzene rings is 1. The highest BCUT2D eigenvalue weighted by Gasteiger charge is 2.05. The maximum atomic E-state index is 13.0. The molecular formula is C12H7F2N3. The standard InChI is InChI=1S/C12H7F2N3/c13-10-2-1-9(5-11(10)14)17-12-7-16-4-3-8(12)6-15/h1-5,7,17H. The van der Waals surface area contributed by atoms with Crippen LogP contribution in [0, 0.1) is 23.0 Å². The van der Waals surface area contributed by atoms with Gasteiger partial charge >= 0.3 is 0 Å². The second-order valence-electron chi connectivity index (χ2n) is 3.29. The lowest BCUT2D eigenvalue weighted by Gasteiger charge is -2.07. The lowest BCUT2D eigenvalue weighted by Crippen LogP contribution is -1.95. The average molecular weight is 231 g/mol. The Labute approximate surface area is 96.3 Å². The summed E-state index contributed by atoms with van der Waals surface area (Å²) in [4.78, 5) is 3.85. The highest BCUT2D eigenvalue weighted by atomic mass is 19.2. The van der Waals surface area contributed by atoms with Crippen LogP contribution in [0.2, 0.25) is 0 Å². The lowest BCUT2D eigenvalue weighted by molar-refractivity contribution is 0.509. The SMILES string of the molecule is N#Cc1ccncc1Nc1ccc(F)c(F)c1. The first-order valence-electron chi connectivity index (χ1n) is 4.77. The quantitative estimate of drug-likeness (QED) is 0.864. The van der Waals surface area contributed by atoms with Crippen molar-refractivity contribution in [2.75, 3.05) is 5.32 Å². The fourth-order valence-corrected chi connectivity index (χ4v) is 1.32. The van der Waals surface area contributed by atoms with E-state index < -0.39 is 11.6 Å². The molecule has 0 saturated heterocycles. The molecule has 17 heavy (non-hydrogen) atoms. The number of hydrogen-bond acceptors (Lipinski definition) is 3. The number of halogens is 2. The molecule has 2 aromatic rings. The van der Waals surface area contributed by atoms with Gasteiger partial charge in [-0.15, -0.1) is 0 Å². The van der Waals surface area contributed by atoms with Crippen molar-refractivity contribution in [1.29, 1.82) is 5.26 Å². The molecule has 0 atom stereocenters. The molecule has 1 aromatic heterocycles. The van der Waals surface area contributed by atoms with Gasteiger partial charge in [0, 0.05) is 18.0 Å². The molecule has 1 N–H and O–H groups in total. The van der Waals surface area contributed by atoms with E-state index in [0.29, 0.717) is 16.9 Å². The summed E-state index contributed by atoms with van der Waals surface area (Å²) in [5, 5.41) is 11.6. The molecule has 0 aliphatic rings. The third kappa shape index (κ3) is 2.37. The van der Waals surface area contributed by atoms with Gasteiger partial charge in [0.1, 0.15) is 6.07 Å². The summed E-state index contributed by atoms with van der Waals surface area (Å²) in [5.74, 6) is -1.86. The number of nitriles is 1. The minimum absolute atomic E-state index is 0.355. The highest BCUT2D eigenvalue weighted by molar-refractivity contribution is 5.65. The van der Waals surface area contributed by atoms with Gasteiger partial charge in [-0.1, -0.05) is 0 Å². The van der Waals surface area contributed by atoms with Crippen LogP contribution < -0.4 is 5.32 Å². The summed E-state index contributed by atoms with van der Waals surface area (Å²) in [6.07, 6.45) is 2.93. The molecule has 0 amide bonds. The molecule has 0 fully saturated rings. The summed E-state index contributed by atoms with van der Waals surface area (Å²) in [6.45, 7) is 0. The van der Waals surface area contributed by atoms with Crippen LogP contribution in [0.4, 0.5) is 20.2 Å². The minimum Gasteiger partial charge on any atom is -0.353 e. The van der Waals surface area contributed by atoms with E-state index in [2.05, 4.69) is 10.3 Å². The smallest absolute Gasteiger partial charge is 0.160 e. The summed E-state index contributed by atoms with van der Waals surface area (Å²) in [6, 6.07) is 6.91. The molecular weight excluding hydrogens is 224 g/mol. The molecule has 0 radical (unpaired) electrons. The number of rotatable bonds is 2. The van der Waals surface area contributed by atoms with Crippen molar-refractivity contribution in [3.63, 3.8) is 0 Å². The minimum atomic E-state index is -0.947. The van der Waals surface area contributed by atoms with E-state index in [-0.39, 0.29) is 0 Å². The van der Waals surface area contributed by atoms with Crippen LogP contribution in [-0.2, 0) is 0 Å². The van der Waals surface area contributed by atoms with E-state index >= 15 is 0 Å². The first-order valence-corrected chi connectivity index (χ1v) is 4.77. The van der Waals surface area contributed by atoms with Crippen molar-refractivity contribution in [2.24, 2.45) is 0 Å². The van der Waals surface area contributed by atoms with E-state index in [1.54, 1.807) is 0 Å². The predicted octanol–water partition coefficient (Wildman–Crippen LogP) is 2.98. The number of nitrogens with one attached hydrogen (secondary N) is 1. The number of hydrogen-bond donors (Lipinski definition) is 1. The monoisotopic (exact) mass is 231 g/mol. The van der Waals surface area contributed by atoms with Crippen LogP contribution in [0.3, 0.4) is 0 Å². The highest BCUT2D eigenvalue weighted by Crippen LogP contribution is 2.20. The Morgan fingerprint density at radius 3 is 2.71 bits per heavy atom. The summed E-state index contributed by atoms with van der Waals surface area (Å²) in [7, 11) is 0. The number of aromatic nitrogens is 1. The first-order chi connectivity index (χ1) is 8.20. The van der Waals surface area contributed by atoms with Crippen LogP contribution >= 0.6 is 0 Å². The zero-order chi connectivity index (χ0) is 12.3. The van der Waals surface area contributed by atoms with E-state index in [1.807, 2.05) is 6.07 Å². The molecule has 0 spiro atoms. The number of anilines is 2. The van der Waals surface area contributed by atoms with Gasteiger partial charge in [0.05, 0.1) is 17.4 Å². The molecule has 84 valence electrons. The topological polar surface area (TPSA) is 48.7 Å². The van der Waals surface area contributed by atoms with Crippen molar-refractivity contribution in [1.82, 2.24) is 4.98 Å². The Balaban J connectivity index is 2.32. The first kappa shape index (κ1) is 11.0. The van der Waals surface area contributed by atoms with Crippen LogP contribution in [0.15, 0.2) is 36.7 Å². The molecule has 3 nitrogen and oxygen atoms in total. The zero-order valence-corrected chi connectivity index (χ0v) is 8.61. The van der Waals surface area contributed by atoms with Gasteiger partial charge in [-0.2, -0.15) is 5.26 Å². The normalized spacial score (nSPS) is 9.71. The van der Waals surface area contributed by atoms with E-state index in [4.69, 9.17) is 5.26 Å². The molecule has 2 rings (SSSR count). The van der Waals surface area contributed by atoms with Gasteiger partial charge in [-0.05, 0) is 18.2 Å². The van der Waals surface area contributed by atoms with Gasteiger partial charge < -0.3 is 5.32 Å². The second kappa shape index (κ2) is 4.58. The fourth-order valence-electron chi connectivity index (χ4n) is 1.32. The Morgan fingerprint density at radius 2 is 2.00 bits per heavy atom. The molecule has 0 bridgehead atoms. The molecule has 0 aliphatic carbocycles. The van der Waals surface area contributed by atoms with Gasteiger partial charge in [-0.3, -0.25) is 4.98 Å². The van der Waals surface area contributed by atoms with Crippen LogP contribution in [0.25, 0.3) is 0 Å². The molecule has 0 aliphatic heterocycles. The molecule has 1 heterocycles. The Kier molecular flexibility index (Phi) is 2.97. The molecule has 0 unspecified atom stereocenters. The van der Waals surface area contributed by atoms with Crippen LogP contribution in [0.1, 0.15) is 5.56 Å². The molecule has 5 heteroatoms. The van der Waals surface area contributed by atoms with E-state index in [0.717, 1.165) is 12.1 Å². The van der Waals surface area contributed by atoms with Crippen molar-refractivity contribution in [3.05, 3.63) is 53.9 Å². The molecule has 0 saturated carbocycles. The Bertz CT molecular complexity index is 591. The van der Waals surface area contributed by atoms with Crippen LogP contribution in [0.5, 0.6) is 0 Å². The average Bonchev–Trinajstić information content (AvgIpc) is 2.34. The number of pyridine rings is 1. The van der Waals surface area contributed by atoms with E-state index in [1.165, 1.54) is 24.5 Å². The zero-order valence-electron chi connectivity index (χ0n) is 8.61. The third-order valence-corrected chi connectivity index (χ3v) is 2.14. The largest absolute Gasteiger partial charge is 0.353 e. The maximum Gasteiger partial charge on any atom is 0.160 e. The third-order valence-electron chi connectivity index (χ3n) is 2.14.